The summed E-state index contributed by atoms with van der Waals surface area (Å²) < 4.78 is 12.1. The number of methoxy groups -OCH3 is 2. The van der Waals surface area contributed by atoms with E-state index in [1.807, 2.05) is 86.7 Å². The number of nitrogens with zero attached hydrogens (tertiary/aromatic N) is 6. The highest BCUT2D eigenvalue weighted by Gasteiger charge is 2.45. The van der Waals surface area contributed by atoms with E-state index in [9.17, 15) is 0 Å². The van der Waals surface area contributed by atoms with Gasteiger partial charge in [-0.05, 0) is 60.1 Å². The minimum absolute atomic E-state index is 0.137. The number of carbonyl (C=O) groups is 1. The van der Waals surface area contributed by atoms with Gasteiger partial charge in [0.05, 0.1) is 51.2 Å². The van der Waals surface area contributed by atoms with Gasteiger partial charge in [0.2, 0.25) is 11.8 Å². The molecule has 2 unspecified atom stereocenters. The van der Waals surface area contributed by atoms with Crippen molar-refractivity contribution in [3.8, 4) is 22.5 Å². The van der Waals surface area contributed by atoms with E-state index in [1.165, 1.54) is 22.3 Å². The molecule has 0 fully saturated rings. The molecule has 0 saturated carbocycles. The Morgan fingerprint density at radius 1 is 0.531 bits per heavy atom. The van der Waals surface area contributed by atoms with Crippen molar-refractivity contribution in [2.75, 3.05) is 41.5 Å². The highest BCUT2D eigenvalue weighted by atomic mass is 16.7. The van der Waals surface area contributed by atoms with Gasteiger partial charge in [-0.3, -0.25) is 24.3 Å². The summed E-state index contributed by atoms with van der Waals surface area (Å²) in [6.07, 6.45) is 4.33. The van der Waals surface area contributed by atoms with Gasteiger partial charge in [-0.1, -0.05) is 109 Å². The second kappa shape index (κ2) is 17.2. The Hall–Kier alpha value is -6.63. The average Bonchev–Trinajstić information content (AvgIpc) is 3.34. The van der Waals surface area contributed by atoms with E-state index in [0.717, 1.165) is 70.7 Å². The predicted octanol–water partition coefficient (Wildman–Crippen LogP) is 9.42. The second-order valence-electron chi connectivity index (χ2n) is 16.7. The number of hydroxylamine groups is 4. The van der Waals surface area contributed by atoms with Crippen LogP contribution in [0.3, 0.4) is 0 Å². The lowest BCUT2D eigenvalue weighted by Crippen LogP contribution is -2.46. The van der Waals surface area contributed by atoms with Gasteiger partial charge in [0.15, 0.2) is 5.78 Å². The number of rotatable bonds is 10. The van der Waals surface area contributed by atoms with Crippen molar-refractivity contribution in [1.29, 1.82) is 0 Å². The molecule has 0 radical (unpaired) electrons. The molecule has 0 spiro atoms. The molecule has 4 aliphatic heterocycles. The quantitative estimate of drug-likeness (QED) is 0.124. The summed E-state index contributed by atoms with van der Waals surface area (Å²) in [5, 5.41) is 3.57. The minimum atomic E-state index is -0.570. The molecule has 11 nitrogen and oxygen atoms in total. The van der Waals surface area contributed by atoms with Crippen LogP contribution in [0.2, 0.25) is 0 Å². The second-order valence-corrected chi connectivity index (χ2v) is 16.7. The molecule has 2 atom stereocenters. The summed E-state index contributed by atoms with van der Waals surface area (Å²) in [5.74, 6) is 0.854. The van der Waals surface area contributed by atoms with Crippen LogP contribution in [0, 0.1) is 13.8 Å². The van der Waals surface area contributed by atoms with Crippen LogP contribution >= 0.6 is 0 Å². The van der Waals surface area contributed by atoms with E-state index in [0.29, 0.717) is 47.4 Å². The number of hydrogen-bond acceptors (Lipinski definition) is 11. The normalized spacial score (nSPS) is 18.3. The molecule has 4 aliphatic rings. The van der Waals surface area contributed by atoms with Gasteiger partial charge in [0.25, 0.3) is 0 Å². The van der Waals surface area contributed by atoms with E-state index >= 15 is 4.79 Å². The van der Waals surface area contributed by atoms with Crippen LogP contribution < -0.4 is 0 Å². The largest absolute Gasteiger partial charge is 0.481 e. The van der Waals surface area contributed by atoms with E-state index in [4.69, 9.17) is 29.1 Å². The van der Waals surface area contributed by atoms with Gasteiger partial charge in [-0.15, -0.1) is 0 Å². The molecular formula is C53H52N6O5. The molecular weight excluding hydrogens is 801 g/mol. The predicted molar refractivity (Wildman–Crippen MR) is 247 cm³/mol. The van der Waals surface area contributed by atoms with Crippen molar-refractivity contribution >= 4 is 17.9 Å². The molecule has 6 heterocycles. The third kappa shape index (κ3) is 6.96. The molecule has 2 aromatic heterocycles. The van der Waals surface area contributed by atoms with Crippen molar-refractivity contribution in [1.82, 2.24) is 29.9 Å². The van der Waals surface area contributed by atoms with Gasteiger partial charge < -0.3 is 9.47 Å². The third-order valence-corrected chi connectivity index (χ3v) is 13.3. The first-order chi connectivity index (χ1) is 31.3. The Morgan fingerprint density at radius 3 is 1.28 bits per heavy atom. The Kier molecular flexibility index (Phi) is 11.1. The number of hydrogen-bond donors (Lipinski definition) is 0. The first-order valence-electron chi connectivity index (χ1n) is 21.9. The molecule has 0 amide bonds. The number of fused-ring (bicyclic) bond motifs is 4. The topological polar surface area (TPSA) is 92.7 Å². The molecule has 0 saturated heterocycles. The van der Waals surface area contributed by atoms with Gasteiger partial charge in [-0.2, -0.15) is 10.1 Å². The van der Waals surface area contributed by atoms with Crippen LogP contribution in [0.4, 0.5) is 0 Å². The van der Waals surface area contributed by atoms with Crippen LogP contribution in [0.1, 0.15) is 84.1 Å². The Balaban J connectivity index is 1.27. The lowest BCUT2D eigenvalue weighted by molar-refractivity contribution is -0.206. The van der Waals surface area contributed by atoms with Crippen LogP contribution in [0.15, 0.2) is 121 Å². The van der Waals surface area contributed by atoms with E-state index in [1.54, 1.807) is 38.6 Å². The zero-order valence-corrected chi connectivity index (χ0v) is 37.2. The zero-order valence-electron chi connectivity index (χ0n) is 37.2. The van der Waals surface area contributed by atoms with Crippen LogP contribution in [0.25, 0.3) is 34.7 Å². The smallest absolute Gasteiger partial charge is 0.217 e. The number of ether oxygens (including phenoxy) is 2. The summed E-state index contributed by atoms with van der Waals surface area (Å²) in [7, 11) is 6.59. The number of pyridine rings is 2. The number of benzene rings is 4. The molecule has 0 N–H and O–H groups in total. The van der Waals surface area contributed by atoms with E-state index < -0.39 is 12.3 Å². The van der Waals surface area contributed by atoms with Crippen LogP contribution in [-0.2, 0) is 45.1 Å². The summed E-state index contributed by atoms with van der Waals surface area (Å²) in [6.45, 7) is 6.78. The number of carbonyl (C=O) groups excluding carboxylic acids is 1. The molecule has 11 heteroatoms. The van der Waals surface area contributed by atoms with E-state index in [-0.39, 0.29) is 5.78 Å². The average molecular weight is 853 g/mol. The first-order valence-corrected chi connectivity index (χ1v) is 21.9. The molecule has 10 rings (SSSR count). The van der Waals surface area contributed by atoms with Crippen molar-refractivity contribution < 1.29 is 23.9 Å². The molecule has 0 aliphatic carbocycles. The fourth-order valence-electron chi connectivity index (χ4n) is 10.3. The SMILES string of the molecule is COC1=Cc2nc(-c3ccccc3)c(C)c(C(=O)c3c(C)c(-c4ccccc4)nc4c3C(N3CCc5ccccc5C3)N(OC)C(OC)=C4)c2C(N2CCc3ccccc3C2)N1OC. The standard InChI is InChI=1S/C53H52N6O5/c1-33-45(47-41(54-49(33)37-19-9-7-10-20-37)29-43(61-3)58(63-5)52(47)56-27-25-35-17-13-15-23-39(35)31-56)51(60)46-34(2)50(38-21-11-8-12-22-38)55-42-30-44(62-4)59(64-6)53(48(42)46)57-28-26-36-18-14-16-24-40(36)32-57/h7-24,29-30,52-53H,25-28,31-32H2,1-6H3. The molecule has 324 valence electrons. The van der Waals surface area contributed by atoms with Gasteiger partial charge >= 0.3 is 0 Å². The third-order valence-electron chi connectivity index (χ3n) is 13.3. The maximum absolute atomic E-state index is 16.8. The fraction of sp³-hybridized carbons (Fsp3) is 0.264. The van der Waals surface area contributed by atoms with Crippen molar-refractivity contribution in [3.63, 3.8) is 0 Å². The Labute approximate surface area is 374 Å². The van der Waals surface area contributed by atoms with E-state index in [2.05, 4.69) is 58.3 Å². The lowest BCUT2D eigenvalue weighted by Gasteiger charge is -2.45. The molecule has 64 heavy (non-hydrogen) atoms. The highest BCUT2D eigenvalue weighted by Crippen LogP contribution is 2.47. The summed E-state index contributed by atoms with van der Waals surface area (Å²) in [4.78, 5) is 44.9. The monoisotopic (exact) mass is 852 g/mol. The van der Waals surface area contributed by atoms with Crippen LogP contribution in [-0.4, -0.2) is 77.2 Å². The van der Waals surface area contributed by atoms with Gasteiger partial charge in [0.1, 0.15) is 12.3 Å². The van der Waals surface area contributed by atoms with Gasteiger partial charge in [-0.25, -0.2) is 9.97 Å². The lowest BCUT2D eigenvalue weighted by atomic mass is 9.82. The van der Waals surface area contributed by atoms with Crippen molar-refractivity contribution in [2.45, 2.75) is 52.1 Å². The first kappa shape index (κ1) is 41.4. The van der Waals surface area contributed by atoms with Crippen LogP contribution in [0.5, 0.6) is 0 Å². The fourth-order valence-corrected chi connectivity index (χ4v) is 10.3. The zero-order chi connectivity index (χ0) is 44.1. The maximum Gasteiger partial charge on any atom is 0.217 e. The summed E-state index contributed by atoms with van der Waals surface area (Å²) in [5.41, 5.74) is 13.8. The minimum Gasteiger partial charge on any atom is -0.481 e. The highest BCUT2D eigenvalue weighted by molar-refractivity contribution is 6.15. The van der Waals surface area contributed by atoms with Crippen molar-refractivity contribution in [3.05, 3.63) is 188 Å². The number of ketones is 1. The number of aromatic nitrogens is 2. The molecule has 6 aromatic rings. The van der Waals surface area contributed by atoms with Crippen molar-refractivity contribution in [2.24, 2.45) is 0 Å². The summed E-state index contributed by atoms with van der Waals surface area (Å²) >= 11 is 0. The summed E-state index contributed by atoms with van der Waals surface area (Å²) in [6, 6.07) is 37.3. The van der Waals surface area contributed by atoms with Gasteiger partial charge in [0, 0.05) is 71.7 Å². The maximum atomic E-state index is 16.8. The molecule has 4 aromatic carbocycles. The molecule has 0 bridgehead atoms. The Bertz CT molecular complexity index is 2640. The Morgan fingerprint density at radius 2 is 0.906 bits per heavy atom.